The maximum absolute atomic E-state index is 12.1. The standard InChI is InChI=1S/C20H24N2O3/c1-13(2)16-9-11-18(12-10-16)25-15(4)19(23)21-22-20(24)17-7-5-14(3)6-8-17/h5-13,15H,1-4H3,(H,21,23)(H,22,24)/t15-/m0/s1. The van der Waals surface area contributed by atoms with Gasteiger partial charge in [0.2, 0.25) is 0 Å². The van der Waals surface area contributed by atoms with Gasteiger partial charge in [0.05, 0.1) is 0 Å². The lowest BCUT2D eigenvalue weighted by Gasteiger charge is -2.16. The van der Waals surface area contributed by atoms with Gasteiger partial charge >= 0.3 is 0 Å². The van der Waals surface area contributed by atoms with Crippen LogP contribution in [-0.4, -0.2) is 17.9 Å². The quantitative estimate of drug-likeness (QED) is 0.820. The Morgan fingerprint density at radius 1 is 0.880 bits per heavy atom. The van der Waals surface area contributed by atoms with E-state index in [1.54, 1.807) is 19.1 Å². The van der Waals surface area contributed by atoms with Crippen LogP contribution in [-0.2, 0) is 4.79 Å². The van der Waals surface area contributed by atoms with Gasteiger partial charge in [0, 0.05) is 5.56 Å². The number of aryl methyl sites for hydroxylation is 1. The van der Waals surface area contributed by atoms with Gasteiger partial charge in [0.1, 0.15) is 5.75 Å². The van der Waals surface area contributed by atoms with E-state index in [0.717, 1.165) is 5.56 Å². The van der Waals surface area contributed by atoms with Gasteiger partial charge in [-0.05, 0) is 49.6 Å². The normalized spacial score (nSPS) is 11.7. The van der Waals surface area contributed by atoms with Crippen LogP contribution in [0.4, 0.5) is 0 Å². The van der Waals surface area contributed by atoms with Crippen LogP contribution < -0.4 is 15.6 Å². The van der Waals surface area contributed by atoms with Crippen LogP contribution in [0.3, 0.4) is 0 Å². The van der Waals surface area contributed by atoms with Crippen molar-refractivity contribution < 1.29 is 14.3 Å². The molecule has 5 nitrogen and oxygen atoms in total. The maximum Gasteiger partial charge on any atom is 0.279 e. The molecule has 0 bridgehead atoms. The highest BCUT2D eigenvalue weighted by Gasteiger charge is 2.16. The molecule has 0 spiro atoms. The molecule has 0 aliphatic rings. The third-order valence-corrected chi connectivity index (χ3v) is 3.84. The molecule has 1 atom stereocenters. The minimum Gasteiger partial charge on any atom is -0.481 e. The average Bonchev–Trinajstić information content (AvgIpc) is 2.60. The van der Waals surface area contributed by atoms with Crippen LogP contribution in [0.15, 0.2) is 48.5 Å². The fraction of sp³-hybridized carbons (Fsp3) is 0.300. The van der Waals surface area contributed by atoms with E-state index in [4.69, 9.17) is 4.74 Å². The highest BCUT2D eigenvalue weighted by Crippen LogP contribution is 2.19. The molecule has 0 radical (unpaired) electrons. The summed E-state index contributed by atoms with van der Waals surface area (Å²) in [7, 11) is 0. The molecule has 2 amide bonds. The number of carbonyl (C=O) groups excluding carboxylic acids is 2. The summed E-state index contributed by atoms with van der Waals surface area (Å²) in [5, 5.41) is 0. The number of benzene rings is 2. The van der Waals surface area contributed by atoms with Crippen molar-refractivity contribution in [3.05, 3.63) is 65.2 Å². The molecule has 5 heteroatoms. The van der Waals surface area contributed by atoms with Gasteiger partial charge < -0.3 is 4.74 Å². The van der Waals surface area contributed by atoms with Crippen molar-refractivity contribution in [1.82, 2.24) is 10.9 Å². The third-order valence-electron chi connectivity index (χ3n) is 3.84. The average molecular weight is 340 g/mol. The lowest BCUT2D eigenvalue weighted by atomic mass is 10.0. The predicted octanol–water partition coefficient (Wildman–Crippen LogP) is 3.35. The summed E-state index contributed by atoms with van der Waals surface area (Å²) in [4.78, 5) is 24.0. The highest BCUT2D eigenvalue weighted by molar-refractivity contribution is 5.95. The van der Waals surface area contributed by atoms with Gasteiger partial charge in [-0.15, -0.1) is 0 Å². The zero-order valence-electron chi connectivity index (χ0n) is 15.0. The van der Waals surface area contributed by atoms with Gasteiger partial charge in [-0.3, -0.25) is 20.4 Å². The summed E-state index contributed by atoms with van der Waals surface area (Å²) < 4.78 is 5.60. The molecule has 0 saturated heterocycles. The number of ether oxygens (including phenoxy) is 1. The van der Waals surface area contributed by atoms with Gasteiger partial charge in [0.15, 0.2) is 6.10 Å². The Bertz CT molecular complexity index is 722. The number of carbonyl (C=O) groups is 2. The molecule has 2 aromatic carbocycles. The number of nitrogens with one attached hydrogen (secondary N) is 2. The molecular weight excluding hydrogens is 316 g/mol. The van der Waals surface area contributed by atoms with E-state index in [1.807, 2.05) is 43.3 Å². The largest absolute Gasteiger partial charge is 0.481 e. The first-order valence-corrected chi connectivity index (χ1v) is 8.30. The minimum absolute atomic E-state index is 0.373. The molecule has 0 heterocycles. The Balaban J connectivity index is 1.85. The molecule has 0 fully saturated rings. The molecule has 0 aliphatic heterocycles. The van der Waals surface area contributed by atoms with E-state index in [-0.39, 0.29) is 5.91 Å². The zero-order valence-corrected chi connectivity index (χ0v) is 15.0. The van der Waals surface area contributed by atoms with Crippen molar-refractivity contribution in [3.63, 3.8) is 0 Å². The summed E-state index contributed by atoms with van der Waals surface area (Å²) in [6.07, 6.45) is -0.733. The molecular formula is C20H24N2O3. The van der Waals surface area contributed by atoms with Crippen LogP contribution in [0.2, 0.25) is 0 Å². The number of rotatable bonds is 5. The number of amides is 2. The van der Waals surface area contributed by atoms with Crippen LogP contribution >= 0.6 is 0 Å². The van der Waals surface area contributed by atoms with Crippen LogP contribution in [0.25, 0.3) is 0 Å². The summed E-state index contributed by atoms with van der Waals surface area (Å²) in [6.45, 7) is 7.80. The second-order valence-corrected chi connectivity index (χ2v) is 6.29. The Kier molecular flexibility index (Phi) is 6.17. The monoisotopic (exact) mass is 340 g/mol. The maximum atomic E-state index is 12.1. The van der Waals surface area contributed by atoms with E-state index >= 15 is 0 Å². The van der Waals surface area contributed by atoms with E-state index in [1.165, 1.54) is 5.56 Å². The number of hydrazine groups is 1. The van der Waals surface area contributed by atoms with Crippen molar-refractivity contribution in [2.45, 2.75) is 39.7 Å². The zero-order chi connectivity index (χ0) is 18.4. The molecule has 2 N–H and O–H groups in total. The van der Waals surface area contributed by atoms with Crippen LogP contribution in [0, 0.1) is 6.92 Å². The molecule has 0 saturated carbocycles. The lowest BCUT2D eigenvalue weighted by Crippen LogP contribution is -2.47. The van der Waals surface area contributed by atoms with Gasteiger partial charge in [-0.1, -0.05) is 43.7 Å². The number of hydrogen-bond donors (Lipinski definition) is 2. The van der Waals surface area contributed by atoms with E-state index < -0.39 is 12.0 Å². The Hall–Kier alpha value is -2.82. The predicted molar refractivity (Wildman–Crippen MR) is 97.4 cm³/mol. The van der Waals surface area contributed by atoms with Crippen molar-refractivity contribution in [3.8, 4) is 5.75 Å². The molecule has 0 aromatic heterocycles. The minimum atomic E-state index is -0.733. The van der Waals surface area contributed by atoms with Crippen molar-refractivity contribution in [1.29, 1.82) is 0 Å². The molecule has 2 rings (SSSR count). The smallest absolute Gasteiger partial charge is 0.279 e. The van der Waals surface area contributed by atoms with E-state index in [9.17, 15) is 9.59 Å². The fourth-order valence-electron chi connectivity index (χ4n) is 2.19. The Morgan fingerprint density at radius 3 is 2.04 bits per heavy atom. The van der Waals surface area contributed by atoms with E-state index in [2.05, 4.69) is 24.7 Å². The van der Waals surface area contributed by atoms with Crippen LogP contribution in [0.1, 0.15) is 48.2 Å². The fourth-order valence-corrected chi connectivity index (χ4v) is 2.19. The van der Waals surface area contributed by atoms with Gasteiger partial charge in [-0.2, -0.15) is 0 Å². The van der Waals surface area contributed by atoms with Crippen molar-refractivity contribution in [2.75, 3.05) is 0 Å². The van der Waals surface area contributed by atoms with Crippen molar-refractivity contribution >= 4 is 11.8 Å². The first-order chi connectivity index (χ1) is 11.9. The topological polar surface area (TPSA) is 67.4 Å². The molecule has 0 unspecified atom stereocenters. The summed E-state index contributed by atoms with van der Waals surface area (Å²) in [6, 6.07) is 14.7. The Labute approximate surface area is 148 Å². The first kappa shape index (κ1) is 18.5. The molecule has 132 valence electrons. The summed E-state index contributed by atoms with van der Waals surface area (Å²) >= 11 is 0. The molecule has 0 aliphatic carbocycles. The molecule has 2 aromatic rings. The second-order valence-electron chi connectivity index (χ2n) is 6.29. The second kappa shape index (κ2) is 8.33. The SMILES string of the molecule is Cc1ccc(C(=O)NNC(=O)[C@H](C)Oc2ccc(C(C)C)cc2)cc1. The highest BCUT2D eigenvalue weighted by atomic mass is 16.5. The number of hydrogen-bond acceptors (Lipinski definition) is 3. The van der Waals surface area contributed by atoms with Gasteiger partial charge in [-0.25, -0.2) is 0 Å². The summed E-state index contributed by atoms with van der Waals surface area (Å²) in [5.41, 5.74) is 7.51. The van der Waals surface area contributed by atoms with E-state index in [0.29, 0.717) is 17.2 Å². The summed E-state index contributed by atoms with van der Waals surface area (Å²) in [5.74, 6) is 0.249. The van der Waals surface area contributed by atoms with Crippen LogP contribution in [0.5, 0.6) is 5.75 Å². The first-order valence-electron chi connectivity index (χ1n) is 8.30. The van der Waals surface area contributed by atoms with Crippen molar-refractivity contribution in [2.24, 2.45) is 0 Å². The molecule has 25 heavy (non-hydrogen) atoms. The lowest BCUT2D eigenvalue weighted by molar-refractivity contribution is -0.128. The Morgan fingerprint density at radius 2 is 1.48 bits per heavy atom. The third kappa shape index (κ3) is 5.35. The van der Waals surface area contributed by atoms with Gasteiger partial charge in [0.25, 0.3) is 11.8 Å².